The first-order chi connectivity index (χ1) is 8.20. The first kappa shape index (κ1) is 14.9. The molecule has 1 fully saturated rings. The molecule has 0 aliphatic heterocycles. The van der Waals surface area contributed by atoms with Crippen molar-refractivity contribution in [3.63, 3.8) is 0 Å². The monoisotopic (exact) mass is 353 g/mol. The van der Waals surface area contributed by atoms with Crippen LogP contribution in [-0.4, -0.2) is 35.4 Å². The molecule has 0 radical (unpaired) electrons. The fourth-order valence-electron chi connectivity index (χ4n) is 2.08. The number of rotatable bonds is 6. The molecule has 98 valence electrons. The lowest BCUT2D eigenvalue weighted by atomic mass is 9.84. The maximum atomic E-state index is 12.1. The number of halogens is 1. The highest BCUT2D eigenvalue weighted by atomic mass is 127. The van der Waals surface area contributed by atoms with E-state index in [2.05, 4.69) is 27.9 Å². The van der Waals surface area contributed by atoms with Crippen molar-refractivity contribution in [2.75, 3.05) is 17.6 Å². The maximum Gasteiger partial charge on any atom is 0.316 e. The van der Waals surface area contributed by atoms with Crippen molar-refractivity contribution in [1.29, 1.82) is 0 Å². The normalized spacial score (nSPS) is 24.7. The Balaban J connectivity index is 2.47. The quantitative estimate of drug-likeness (QED) is 0.260. The number of nitrogens with one attached hydrogen (secondary N) is 1. The Hall–Kier alpha value is -0.170. The van der Waals surface area contributed by atoms with E-state index in [1.54, 1.807) is 6.92 Å². The Morgan fingerprint density at radius 1 is 1.53 bits per heavy atom. The molecule has 0 aromatic heterocycles. The number of carbonyl (C=O) groups excluding carboxylic acids is 2. The molecule has 0 saturated heterocycles. The third kappa shape index (κ3) is 4.54. The first-order valence-corrected chi connectivity index (χ1v) is 7.73. The number of ketones is 1. The fraction of sp³-hybridized carbons (Fsp3) is 0.833. The van der Waals surface area contributed by atoms with Gasteiger partial charge >= 0.3 is 5.97 Å². The summed E-state index contributed by atoms with van der Waals surface area (Å²) in [4.78, 5) is 23.7. The number of ether oxygens (including phenoxy) is 1. The van der Waals surface area contributed by atoms with Crippen LogP contribution < -0.4 is 5.32 Å². The van der Waals surface area contributed by atoms with Crippen LogP contribution in [0.2, 0.25) is 0 Å². The van der Waals surface area contributed by atoms with Crippen LogP contribution in [0.15, 0.2) is 0 Å². The Morgan fingerprint density at radius 2 is 2.29 bits per heavy atom. The third-order valence-electron chi connectivity index (χ3n) is 2.94. The van der Waals surface area contributed by atoms with E-state index in [1.165, 1.54) is 0 Å². The topological polar surface area (TPSA) is 55.4 Å². The van der Waals surface area contributed by atoms with Crippen LogP contribution in [0.4, 0.5) is 0 Å². The van der Waals surface area contributed by atoms with Gasteiger partial charge in [-0.15, -0.1) is 0 Å². The van der Waals surface area contributed by atoms with Crippen LogP contribution in [0.5, 0.6) is 0 Å². The molecule has 4 nitrogen and oxygen atoms in total. The van der Waals surface area contributed by atoms with Crippen molar-refractivity contribution < 1.29 is 14.3 Å². The lowest BCUT2D eigenvalue weighted by Gasteiger charge is -2.27. The molecule has 2 unspecified atom stereocenters. The summed E-state index contributed by atoms with van der Waals surface area (Å²) in [5, 5.41) is 3.24. The van der Waals surface area contributed by atoms with E-state index in [0.717, 1.165) is 30.2 Å². The first-order valence-electron chi connectivity index (χ1n) is 6.20. The zero-order valence-corrected chi connectivity index (χ0v) is 12.4. The summed E-state index contributed by atoms with van der Waals surface area (Å²) in [6.45, 7) is 2.95. The van der Waals surface area contributed by atoms with Crippen LogP contribution in [-0.2, 0) is 14.3 Å². The molecule has 0 heterocycles. The third-order valence-corrected chi connectivity index (χ3v) is 3.71. The Morgan fingerprint density at radius 3 is 2.94 bits per heavy atom. The predicted molar refractivity (Wildman–Crippen MR) is 74.3 cm³/mol. The highest BCUT2D eigenvalue weighted by Crippen LogP contribution is 2.22. The van der Waals surface area contributed by atoms with E-state index in [4.69, 9.17) is 4.74 Å². The van der Waals surface area contributed by atoms with E-state index >= 15 is 0 Å². The van der Waals surface area contributed by atoms with Crippen LogP contribution >= 0.6 is 22.6 Å². The van der Waals surface area contributed by atoms with Gasteiger partial charge in [0, 0.05) is 4.43 Å². The van der Waals surface area contributed by atoms with Crippen LogP contribution in [0.25, 0.3) is 0 Å². The lowest BCUT2D eigenvalue weighted by Crippen LogP contribution is -2.46. The van der Waals surface area contributed by atoms with Crippen molar-refractivity contribution in [3.8, 4) is 0 Å². The van der Waals surface area contributed by atoms with Crippen molar-refractivity contribution in [2.45, 2.75) is 38.6 Å². The second-order valence-corrected chi connectivity index (χ2v) is 5.27. The molecule has 1 aliphatic carbocycles. The minimum absolute atomic E-state index is 0.0168. The van der Waals surface area contributed by atoms with Crippen molar-refractivity contribution in [3.05, 3.63) is 0 Å². The highest BCUT2D eigenvalue weighted by Gasteiger charge is 2.36. The van der Waals surface area contributed by atoms with Gasteiger partial charge in [-0.1, -0.05) is 29.0 Å². The summed E-state index contributed by atoms with van der Waals surface area (Å²) in [6, 6.07) is -0.152. The molecule has 5 heteroatoms. The predicted octanol–water partition coefficient (Wildman–Crippen LogP) is 1.70. The van der Waals surface area contributed by atoms with E-state index in [-0.39, 0.29) is 17.8 Å². The van der Waals surface area contributed by atoms with Gasteiger partial charge in [0.1, 0.15) is 5.92 Å². The smallest absolute Gasteiger partial charge is 0.316 e. The number of hydrogen-bond acceptors (Lipinski definition) is 4. The summed E-state index contributed by atoms with van der Waals surface area (Å²) < 4.78 is 6.01. The summed E-state index contributed by atoms with van der Waals surface area (Å²) in [5.41, 5.74) is 0. The zero-order valence-electron chi connectivity index (χ0n) is 10.2. The largest absolute Gasteiger partial charge is 0.465 e. The summed E-state index contributed by atoms with van der Waals surface area (Å²) in [7, 11) is 0. The number of carbonyl (C=O) groups is 2. The van der Waals surface area contributed by atoms with Gasteiger partial charge in [-0.2, -0.15) is 0 Å². The van der Waals surface area contributed by atoms with E-state index < -0.39 is 5.92 Å². The molecule has 1 saturated carbocycles. The van der Waals surface area contributed by atoms with Gasteiger partial charge in [-0.3, -0.25) is 9.59 Å². The Bertz CT molecular complexity index is 270. The molecule has 0 aromatic carbocycles. The fourth-order valence-corrected chi connectivity index (χ4v) is 2.46. The highest BCUT2D eigenvalue weighted by molar-refractivity contribution is 14.1. The van der Waals surface area contributed by atoms with Gasteiger partial charge in [-0.05, 0) is 32.7 Å². The summed E-state index contributed by atoms with van der Waals surface area (Å²) >= 11 is 2.31. The van der Waals surface area contributed by atoms with Crippen LogP contribution in [0.1, 0.15) is 32.6 Å². The molecule has 0 aromatic rings. The van der Waals surface area contributed by atoms with E-state index in [9.17, 15) is 9.59 Å². The van der Waals surface area contributed by atoms with Crippen molar-refractivity contribution in [2.24, 2.45) is 5.92 Å². The maximum absolute atomic E-state index is 12.1. The second kappa shape index (κ2) is 8.02. The van der Waals surface area contributed by atoms with Gasteiger partial charge in [0.15, 0.2) is 5.78 Å². The minimum Gasteiger partial charge on any atom is -0.465 e. The lowest BCUT2D eigenvalue weighted by molar-refractivity contribution is -0.153. The van der Waals surface area contributed by atoms with Crippen LogP contribution in [0.3, 0.4) is 0 Å². The van der Waals surface area contributed by atoms with E-state index in [1.807, 2.05) is 0 Å². The van der Waals surface area contributed by atoms with Crippen molar-refractivity contribution >= 4 is 34.3 Å². The van der Waals surface area contributed by atoms with Gasteiger partial charge in [0.05, 0.1) is 12.6 Å². The number of esters is 1. The SMILES string of the molecule is CCOC(=O)C1CCCC(NCCCI)C1=O. The number of alkyl halides is 1. The second-order valence-electron chi connectivity index (χ2n) is 4.19. The molecule has 0 amide bonds. The number of hydrogen-bond donors (Lipinski definition) is 1. The van der Waals surface area contributed by atoms with Gasteiger partial charge in [0.25, 0.3) is 0 Å². The Kier molecular flexibility index (Phi) is 7.03. The minimum atomic E-state index is -0.541. The summed E-state index contributed by atoms with van der Waals surface area (Å²) in [5.74, 6) is -0.873. The van der Waals surface area contributed by atoms with Crippen molar-refractivity contribution in [1.82, 2.24) is 5.32 Å². The molecule has 1 aliphatic rings. The molecule has 0 bridgehead atoms. The molecular weight excluding hydrogens is 333 g/mol. The zero-order chi connectivity index (χ0) is 12.7. The Labute approximate surface area is 116 Å². The number of Topliss-reactive ketones (excluding diaryl/α,β-unsaturated/α-hetero) is 1. The molecule has 1 N–H and O–H groups in total. The molecular formula is C12H20INO3. The molecule has 17 heavy (non-hydrogen) atoms. The van der Waals surface area contributed by atoms with Crippen LogP contribution in [0, 0.1) is 5.92 Å². The molecule has 1 rings (SSSR count). The van der Waals surface area contributed by atoms with Gasteiger partial charge in [-0.25, -0.2) is 0 Å². The summed E-state index contributed by atoms with van der Waals surface area (Å²) in [6.07, 6.45) is 3.45. The van der Waals surface area contributed by atoms with E-state index in [0.29, 0.717) is 13.0 Å². The average molecular weight is 353 g/mol. The average Bonchev–Trinajstić information content (AvgIpc) is 2.32. The molecule has 2 atom stereocenters. The molecule has 0 spiro atoms. The van der Waals surface area contributed by atoms with Gasteiger partial charge < -0.3 is 10.1 Å². The van der Waals surface area contributed by atoms with Gasteiger partial charge in [0.2, 0.25) is 0 Å². The standard InChI is InChI=1S/C12H20INO3/c1-2-17-12(16)9-5-3-6-10(11(9)15)14-8-4-7-13/h9-10,14H,2-8H2,1H3.